The van der Waals surface area contributed by atoms with Crippen molar-refractivity contribution in [2.24, 2.45) is 0 Å². The molecule has 0 unspecified atom stereocenters. The Balaban J connectivity index is 0.000000665. The van der Waals surface area contributed by atoms with Gasteiger partial charge in [0.1, 0.15) is 0 Å². The standard InChI is InChI=1S/C52H33N.4C2H6/c53-37-19-8-17-35(31-37)34-16-7-18-36(30-34)40-28-29-47-48-41(40)26-11-27-46(48)51-49(42-24-9-14-32-12-1-3-20-38(32)42)44-22-5-6-23-45(44)50(52(47)51)43-25-10-15-33-13-2-4-21-39(33)43;4*1-2/h1-31H,53H2;4*1-2H3. The first-order valence-corrected chi connectivity index (χ1v) is 22.3. The van der Waals surface area contributed by atoms with Gasteiger partial charge < -0.3 is 5.73 Å². The van der Waals surface area contributed by atoms with Gasteiger partial charge in [-0.2, -0.15) is 0 Å². The van der Waals surface area contributed by atoms with Crippen molar-refractivity contribution < 1.29 is 0 Å². The van der Waals surface area contributed by atoms with Crippen molar-refractivity contribution in [1.82, 2.24) is 0 Å². The van der Waals surface area contributed by atoms with Crippen molar-refractivity contribution in [2.75, 3.05) is 5.73 Å². The van der Waals surface area contributed by atoms with Crippen molar-refractivity contribution in [3.63, 3.8) is 0 Å². The van der Waals surface area contributed by atoms with E-state index >= 15 is 0 Å². The molecule has 2 N–H and O–H groups in total. The number of nitrogens with two attached hydrogens (primary N) is 1. The van der Waals surface area contributed by atoms with Crippen molar-refractivity contribution in [1.29, 1.82) is 0 Å². The summed E-state index contributed by atoms with van der Waals surface area (Å²) in [6.45, 7) is 16.0. The molecule has 0 saturated heterocycles. The minimum absolute atomic E-state index is 0.771. The van der Waals surface area contributed by atoms with Crippen molar-refractivity contribution >= 4 is 48.8 Å². The average Bonchev–Trinajstić information content (AvgIpc) is 3.68. The second-order valence-corrected chi connectivity index (χ2v) is 14.2. The van der Waals surface area contributed by atoms with Crippen LogP contribution >= 0.6 is 0 Å². The maximum absolute atomic E-state index is 6.21. The van der Waals surface area contributed by atoms with E-state index in [9.17, 15) is 0 Å². The summed E-state index contributed by atoms with van der Waals surface area (Å²) in [7, 11) is 0. The Labute approximate surface area is 363 Å². The normalized spacial score (nSPS) is 10.7. The van der Waals surface area contributed by atoms with Crippen molar-refractivity contribution in [3.05, 3.63) is 188 Å². The van der Waals surface area contributed by atoms with Gasteiger partial charge in [-0.1, -0.05) is 225 Å². The fourth-order valence-corrected chi connectivity index (χ4v) is 9.08. The molecular formula is C60H57N. The second kappa shape index (κ2) is 19.0. The molecule has 1 aliphatic carbocycles. The van der Waals surface area contributed by atoms with Gasteiger partial charge in [-0.15, -0.1) is 0 Å². The molecule has 61 heavy (non-hydrogen) atoms. The average molecular weight is 792 g/mol. The van der Waals surface area contributed by atoms with E-state index in [1.807, 2.05) is 67.5 Å². The minimum atomic E-state index is 0.771. The SMILES string of the molecule is CC.CC.CC.CC.Nc1cccc(-c2cccc(-c3ccc4c5c(cccc35)-c3c-4c(-c4cccc5ccccc45)c4ccccc4c3-c3cccc4ccccc34)c2)c1. The Morgan fingerprint density at radius 2 is 0.639 bits per heavy atom. The summed E-state index contributed by atoms with van der Waals surface area (Å²) in [5, 5.41) is 10.1. The van der Waals surface area contributed by atoms with Gasteiger partial charge in [-0.3, -0.25) is 0 Å². The summed E-state index contributed by atoms with van der Waals surface area (Å²) in [5.41, 5.74) is 22.0. The van der Waals surface area contributed by atoms with E-state index in [4.69, 9.17) is 5.73 Å². The molecule has 1 nitrogen and oxygen atoms in total. The predicted octanol–water partition coefficient (Wildman–Crippen LogP) is 18.3. The van der Waals surface area contributed by atoms with E-state index in [1.165, 1.54) is 98.7 Å². The first-order valence-electron chi connectivity index (χ1n) is 22.3. The van der Waals surface area contributed by atoms with Crippen LogP contribution in [0, 0.1) is 0 Å². The molecule has 0 atom stereocenters. The Morgan fingerprint density at radius 1 is 0.262 bits per heavy atom. The lowest BCUT2D eigenvalue weighted by Gasteiger charge is -2.22. The summed E-state index contributed by atoms with van der Waals surface area (Å²) in [6, 6.07) is 68.9. The summed E-state index contributed by atoms with van der Waals surface area (Å²) >= 11 is 0. The first-order chi connectivity index (χ1) is 30.2. The van der Waals surface area contributed by atoms with E-state index in [-0.39, 0.29) is 0 Å². The van der Waals surface area contributed by atoms with E-state index in [0.29, 0.717) is 0 Å². The highest BCUT2D eigenvalue weighted by Crippen LogP contribution is 2.59. The molecule has 11 rings (SSSR count). The van der Waals surface area contributed by atoms with E-state index in [1.54, 1.807) is 0 Å². The molecule has 0 radical (unpaired) electrons. The van der Waals surface area contributed by atoms with Gasteiger partial charge in [0.05, 0.1) is 0 Å². The van der Waals surface area contributed by atoms with E-state index < -0.39 is 0 Å². The van der Waals surface area contributed by atoms with Crippen LogP contribution in [0.2, 0.25) is 0 Å². The molecule has 10 aromatic rings. The molecule has 0 aliphatic heterocycles. The summed E-state index contributed by atoms with van der Waals surface area (Å²) in [4.78, 5) is 0. The molecular weight excluding hydrogens is 735 g/mol. The van der Waals surface area contributed by atoms with Crippen LogP contribution in [-0.2, 0) is 0 Å². The third-order valence-corrected chi connectivity index (χ3v) is 11.3. The van der Waals surface area contributed by atoms with Crippen LogP contribution < -0.4 is 5.73 Å². The largest absolute Gasteiger partial charge is 0.399 e. The monoisotopic (exact) mass is 791 g/mol. The highest BCUT2D eigenvalue weighted by Gasteiger charge is 2.32. The summed E-state index contributed by atoms with van der Waals surface area (Å²) < 4.78 is 0. The zero-order valence-electron chi connectivity index (χ0n) is 37.0. The Morgan fingerprint density at radius 3 is 1.20 bits per heavy atom. The molecule has 0 fully saturated rings. The number of benzene rings is 10. The van der Waals surface area contributed by atoms with Crippen molar-refractivity contribution in [3.8, 4) is 66.8 Å². The molecule has 0 heterocycles. The Hall–Kier alpha value is -6.96. The van der Waals surface area contributed by atoms with Gasteiger partial charge in [0.2, 0.25) is 0 Å². The van der Waals surface area contributed by atoms with E-state index in [0.717, 1.165) is 16.8 Å². The van der Waals surface area contributed by atoms with Gasteiger partial charge in [-0.05, 0) is 128 Å². The number of nitrogen functional groups attached to an aromatic ring is 1. The highest BCUT2D eigenvalue weighted by atomic mass is 14.5. The van der Waals surface area contributed by atoms with Crippen LogP contribution in [0.15, 0.2) is 188 Å². The fraction of sp³-hybridized carbons (Fsp3) is 0.133. The van der Waals surface area contributed by atoms with Crippen LogP contribution in [0.25, 0.3) is 110 Å². The van der Waals surface area contributed by atoms with Gasteiger partial charge in [0, 0.05) is 5.69 Å². The van der Waals surface area contributed by atoms with Gasteiger partial charge in [0.25, 0.3) is 0 Å². The molecule has 0 amide bonds. The molecule has 0 aromatic heterocycles. The molecule has 0 bridgehead atoms. The third kappa shape index (κ3) is 7.36. The highest BCUT2D eigenvalue weighted by molar-refractivity contribution is 6.30. The number of fused-ring (bicyclic) bond motifs is 6. The molecule has 0 saturated carbocycles. The maximum Gasteiger partial charge on any atom is 0.0320 e. The number of anilines is 1. The van der Waals surface area contributed by atoms with Crippen molar-refractivity contribution in [2.45, 2.75) is 55.4 Å². The van der Waals surface area contributed by atoms with Crippen LogP contribution in [0.5, 0.6) is 0 Å². The lowest BCUT2D eigenvalue weighted by Crippen LogP contribution is -1.94. The van der Waals surface area contributed by atoms with Gasteiger partial charge >= 0.3 is 0 Å². The van der Waals surface area contributed by atoms with Gasteiger partial charge in [0.15, 0.2) is 0 Å². The molecule has 10 aromatic carbocycles. The second-order valence-electron chi connectivity index (χ2n) is 14.2. The van der Waals surface area contributed by atoms with Crippen LogP contribution in [0.1, 0.15) is 55.4 Å². The van der Waals surface area contributed by atoms with E-state index in [2.05, 4.69) is 176 Å². The molecule has 0 spiro atoms. The predicted molar refractivity (Wildman–Crippen MR) is 272 cm³/mol. The first kappa shape index (κ1) is 42.2. The maximum atomic E-state index is 6.21. The van der Waals surface area contributed by atoms with Gasteiger partial charge in [-0.25, -0.2) is 0 Å². The van der Waals surface area contributed by atoms with Crippen LogP contribution in [-0.4, -0.2) is 0 Å². The Bertz CT molecular complexity index is 2990. The minimum Gasteiger partial charge on any atom is -0.399 e. The zero-order valence-corrected chi connectivity index (χ0v) is 37.0. The summed E-state index contributed by atoms with van der Waals surface area (Å²) in [6.07, 6.45) is 0. The number of rotatable bonds is 4. The zero-order chi connectivity index (χ0) is 43.0. The lowest BCUT2D eigenvalue weighted by atomic mass is 9.81. The quantitative estimate of drug-likeness (QED) is 0.177. The number of hydrogen-bond donors (Lipinski definition) is 1. The Kier molecular flexibility index (Phi) is 13.1. The van der Waals surface area contributed by atoms with Crippen LogP contribution in [0.3, 0.4) is 0 Å². The summed E-state index contributed by atoms with van der Waals surface area (Å²) in [5.74, 6) is 0. The fourth-order valence-electron chi connectivity index (χ4n) is 9.08. The topological polar surface area (TPSA) is 26.0 Å². The molecule has 1 aliphatic rings. The lowest BCUT2D eigenvalue weighted by molar-refractivity contribution is 1.50. The smallest absolute Gasteiger partial charge is 0.0320 e. The van der Waals surface area contributed by atoms with Crippen LogP contribution in [0.4, 0.5) is 5.69 Å². The molecule has 1 heteroatoms. The molecule has 302 valence electrons. The third-order valence-electron chi connectivity index (χ3n) is 11.3. The number of hydrogen-bond acceptors (Lipinski definition) is 1.